The third-order valence-electron chi connectivity index (χ3n) is 4.82. The number of benzene rings is 2. The number of piperazine rings is 1. The molecule has 2 aromatic rings. The Morgan fingerprint density at radius 2 is 1.83 bits per heavy atom. The minimum Gasteiger partial charge on any atom is -0.496 e. The fourth-order valence-corrected chi connectivity index (χ4v) is 5.25. The Balaban J connectivity index is 1.50. The minimum atomic E-state index is -3.56. The lowest BCUT2D eigenvalue weighted by Gasteiger charge is -2.34. The molecule has 0 radical (unpaired) electrons. The van der Waals surface area contributed by atoms with E-state index in [2.05, 4.69) is 21.2 Å². The molecule has 2 amide bonds. The van der Waals surface area contributed by atoms with E-state index >= 15 is 0 Å². The van der Waals surface area contributed by atoms with E-state index in [9.17, 15) is 13.2 Å². The molecule has 0 aliphatic carbocycles. The van der Waals surface area contributed by atoms with Crippen molar-refractivity contribution < 1.29 is 17.9 Å². The van der Waals surface area contributed by atoms with Crippen LogP contribution in [-0.4, -0.2) is 63.5 Å². The van der Waals surface area contributed by atoms with Gasteiger partial charge in [0.1, 0.15) is 5.75 Å². The van der Waals surface area contributed by atoms with Crippen molar-refractivity contribution in [1.82, 2.24) is 14.5 Å². The summed E-state index contributed by atoms with van der Waals surface area (Å²) in [7, 11) is -1.94. The fourth-order valence-electron chi connectivity index (χ4n) is 3.23. The van der Waals surface area contributed by atoms with Crippen LogP contribution in [0.3, 0.4) is 0 Å². The highest BCUT2D eigenvalue weighted by Gasteiger charge is 2.30. The van der Waals surface area contributed by atoms with Crippen LogP contribution >= 0.6 is 15.9 Å². The number of para-hydroxylation sites is 1. The van der Waals surface area contributed by atoms with Crippen molar-refractivity contribution in [1.29, 1.82) is 0 Å². The first-order valence-electron chi connectivity index (χ1n) is 9.32. The second-order valence-electron chi connectivity index (χ2n) is 6.64. The maximum atomic E-state index is 12.8. The summed E-state index contributed by atoms with van der Waals surface area (Å²) < 4.78 is 33.0. The van der Waals surface area contributed by atoms with E-state index in [1.165, 1.54) is 4.31 Å². The highest BCUT2D eigenvalue weighted by atomic mass is 79.9. The largest absolute Gasteiger partial charge is 0.496 e. The van der Waals surface area contributed by atoms with E-state index in [-0.39, 0.29) is 24.0 Å². The number of sulfonamides is 1. The number of nitrogens with zero attached hydrogens (tertiary/aromatic N) is 2. The monoisotopic (exact) mass is 481 g/mol. The lowest BCUT2D eigenvalue weighted by molar-refractivity contribution is 0.172. The van der Waals surface area contributed by atoms with E-state index in [0.29, 0.717) is 30.5 Å². The number of methoxy groups -OCH3 is 1. The van der Waals surface area contributed by atoms with Crippen molar-refractivity contribution in [3.63, 3.8) is 0 Å². The first-order chi connectivity index (χ1) is 13.9. The number of hydrogen-bond donors (Lipinski definition) is 1. The summed E-state index contributed by atoms with van der Waals surface area (Å²) >= 11 is 3.31. The molecule has 29 heavy (non-hydrogen) atoms. The summed E-state index contributed by atoms with van der Waals surface area (Å²) in [4.78, 5) is 14.3. The van der Waals surface area contributed by atoms with Crippen molar-refractivity contribution in [3.8, 4) is 5.75 Å². The van der Waals surface area contributed by atoms with Gasteiger partial charge in [-0.05, 0) is 36.2 Å². The van der Waals surface area contributed by atoms with E-state index in [1.807, 2.05) is 24.3 Å². The third kappa shape index (κ3) is 5.29. The third-order valence-corrected chi connectivity index (χ3v) is 7.21. The summed E-state index contributed by atoms with van der Waals surface area (Å²) in [5, 5.41) is 2.90. The zero-order valence-electron chi connectivity index (χ0n) is 16.2. The van der Waals surface area contributed by atoms with Crippen LogP contribution in [0.2, 0.25) is 0 Å². The van der Waals surface area contributed by atoms with E-state index in [1.54, 1.807) is 36.3 Å². The van der Waals surface area contributed by atoms with Crippen LogP contribution in [0.15, 0.2) is 57.9 Å². The summed E-state index contributed by atoms with van der Waals surface area (Å²) in [6.07, 6.45) is 0.660. The van der Waals surface area contributed by atoms with Crippen LogP contribution < -0.4 is 10.1 Å². The number of rotatable bonds is 6. The standard InChI is InChI=1S/C20H24BrN3O4S/c1-28-19-8-3-2-5-16(19)9-10-22-20(25)23-11-13-24(14-12-23)29(26,27)18-7-4-6-17(21)15-18/h2-8,15H,9-14H2,1H3,(H,22,25). The summed E-state index contributed by atoms with van der Waals surface area (Å²) in [5.41, 5.74) is 1.03. The molecule has 1 fully saturated rings. The number of carbonyl (C=O) groups excluding carboxylic acids is 1. The molecule has 7 nitrogen and oxygen atoms in total. The molecule has 0 unspecified atom stereocenters. The quantitative estimate of drug-likeness (QED) is 0.687. The van der Waals surface area contributed by atoms with E-state index in [0.717, 1.165) is 11.3 Å². The maximum Gasteiger partial charge on any atom is 0.317 e. The van der Waals surface area contributed by atoms with Gasteiger partial charge in [0.25, 0.3) is 0 Å². The van der Waals surface area contributed by atoms with Crippen LogP contribution in [0, 0.1) is 0 Å². The Morgan fingerprint density at radius 1 is 1.10 bits per heavy atom. The van der Waals surface area contributed by atoms with Crippen molar-refractivity contribution in [2.24, 2.45) is 0 Å². The van der Waals surface area contributed by atoms with Gasteiger partial charge in [-0.1, -0.05) is 40.2 Å². The van der Waals surface area contributed by atoms with Crippen LogP contribution in [0.5, 0.6) is 5.75 Å². The molecule has 156 valence electrons. The molecule has 0 atom stereocenters. The number of amides is 2. The molecule has 3 rings (SSSR count). The second-order valence-corrected chi connectivity index (χ2v) is 9.50. The first kappa shape index (κ1) is 21.6. The average Bonchev–Trinajstić information content (AvgIpc) is 2.74. The van der Waals surface area contributed by atoms with Gasteiger partial charge < -0.3 is 15.0 Å². The van der Waals surface area contributed by atoms with Gasteiger partial charge in [-0.3, -0.25) is 0 Å². The Morgan fingerprint density at radius 3 is 2.52 bits per heavy atom. The predicted molar refractivity (Wildman–Crippen MR) is 115 cm³/mol. The van der Waals surface area contributed by atoms with Crippen molar-refractivity contribution in [2.45, 2.75) is 11.3 Å². The number of ether oxygens (including phenoxy) is 1. The number of urea groups is 1. The number of carbonyl (C=O) groups is 1. The Kier molecular flexibility index (Phi) is 7.15. The highest BCUT2D eigenvalue weighted by molar-refractivity contribution is 9.10. The molecule has 0 spiro atoms. The van der Waals surface area contributed by atoms with Crippen molar-refractivity contribution in [3.05, 3.63) is 58.6 Å². The second kappa shape index (κ2) is 9.60. The van der Waals surface area contributed by atoms with E-state index in [4.69, 9.17) is 4.74 Å². The normalized spacial score (nSPS) is 15.2. The fraction of sp³-hybridized carbons (Fsp3) is 0.350. The number of halogens is 1. The maximum absolute atomic E-state index is 12.8. The van der Waals surface area contributed by atoms with Crippen molar-refractivity contribution >= 4 is 32.0 Å². The molecular weight excluding hydrogens is 458 g/mol. The molecule has 0 bridgehead atoms. The molecule has 1 heterocycles. The summed E-state index contributed by atoms with van der Waals surface area (Å²) in [6.45, 7) is 1.74. The minimum absolute atomic E-state index is 0.181. The Hall–Kier alpha value is -2.10. The molecule has 1 aliphatic heterocycles. The topological polar surface area (TPSA) is 79.0 Å². The van der Waals surface area contributed by atoms with Gasteiger partial charge in [-0.25, -0.2) is 13.2 Å². The van der Waals surface area contributed by atoms with E-state index < -0.39 is 10.0 Å². The highest BCUT2D eigenvalue weighted by Crippen LogP contribution is 2.21. The number of hydrogen-bond acceptors (Lipinski definition) is 4. The Bertz CT molecular complexity index is 960. The average molecular weight is 482 g/mol. The van der Waals surface area contributed by atoms with Gasteiger partial charge in [-0.2, -0.15) is 4.31 Å². The lowest BCUT2D eigenvalue weighted by Crippen LogP contribution is -2.53. The Labute approximate surface area is 179 Å². The van der Waals surface area contributed by atoms with Gasteiger partial charge in [0.05, 0.1) is 12.0 Å². The molecular formula is C20H24BrN3O4S. The SMILES string of the molecule is COc1ccccc1CCNC(=O)N1CCN(S(=O)(=O)c2cccc(Br)c2)CC1. The molecule has 0 aromatic heterocycles. The van der Waals surface area contributed by atoms with Crippen LogP contribution in [-0.2, 0) is 16.4 Å². The van der Waals surface area contributed by atoms with Crippen LogP contribution in [0.4, 0.5) is 4.79 Å². The van der Waals surface area contributed by atoms with Crippen molar-refractivity contribution in [2.75, 3.05) is 39.8 Å². The van der Waals surface area contributed by atoms with Gasteiger partial charge in [-0.15, -0.1) is 0 Å². The zero-order chi connectivity index (χ0) is 20.9. The molecule has 9 heteroatoms. The van der Waals surface area contributed by atoms with Gasteiger partial charge in [0.2, 0.25) is 10.0 Å². The molecule has 1 aliphatic rings. The van der Waals surface area contributed by atoms with Gasteiger partial charge in [0.15, 0.2) is 0 Å². The molecule has 2 aromatic carbocycles. The smallest absolute Gasteiger partial charge is 0.317 e. The summed E-state index contributed by atoms with van der Waals surface area (Å²) in [5.74, 6) is 0.799. The molecule has 0 saturated carbocycles. The van der Waals surface area contributed by atoms with Crippen LogP contribution in [0.25, 0.3) is 0 Å². The molecule has 1 N–H and O–H groups in total. The first-order valence-corrected chi connectivity index (χ1v) is 11.6. The zero-order valence-corrected chi connectivity index (χ0v) is 18.6. The predicted octanol–water partition coefficient (Wildman–Crippen LogP) is 2.72. The summed E-state index contributed by atoms with van der Waals surface area (Å²) in [6, 6.07) is 14.2. The van der Waals surface area contributed by atoms with Gasteiger partial charge >= 0.3 is 6.03 Å². The molecule has 1 saturated heterocycles. The lowest BCUT2D eigenvalue weighted by atomic mass is 10.1. The van der Waals surface area contributed by atoms with Crippen LogP contribution in [0.1, 0.15) is 5.56 Å². The van der Waals surface area contributed by atoms with Gasteiger partial charge in [0, 0.05) is 37.2 Å². The number of nitrogens with one attached hydrogen (secondary N) is 1.